The fourth-order valence-electron chi connectivity index (χ4n) is 3.51. The van der Waals surface area contributed by atoms with Crippen LogP contribution < -0.4 is 5.32 Å². The molecule has 1 amide bonds. The SMILES string of the molecule is Cc1cccc(C)c1NC(=O)c1ccc(CN2CCCCCC2)cc1. The number of aryl methyl sites for hydroxylation is 2. The molecule has 0 aromatic heterocycles. The van der Waals surface area contributed by atoms with Crippen molar-refractivity contribution in [2.75, 3.05) is 18.4 Å². The molecule has 0 spiro atoms. The monoisotopic (exact) mass is 336 g/mol. The van der Waals surface area contributed by atoms with Gasteiger partial charge in [0.1, 0.15) is 0 Å². The lowest BCUT2D eigenvalue weighted by atomic mass is 10.1. The van der Waals surface area contributed by atoms with Gasteiger partial charge in [-0.2, -0.15) is 0 Å². The second kappa shape index (κ2) is 8.30. The van der Waals surface area contributed by atoms with Crippen molar-refractivity contribution in [3.63, 3.8) is 0 Å². The third-order valence-electron chi connectivity index (χ3n) is 5.04. The number of hydrogen-bond acceptors (Lipinski definition) is 2. The quantitative estimate of drug-likeness (QED) is 0.858. The highest BCUT2D eigenvalue weighted by molar-refractivity contribution is 6.05. The van der Waals surface area contributed by atoms with Crippen molar-refractivity contribution in [1.82, 2.24) is 4.90 Å². The first-order valence-corrected chi connectivity index (χ1v) is 9.32. The summed E-state index contributed by atoms with van der Waals surface area (Å²) in [6.07, 6.45) is 5.31. The summed E-state index contributed by atoms with van der Waals surface area (Å²) >= 11 is 0. The van der Waals surface area contributed by atoms with E-state index >= 15 is 0 Å². The first-order valence-electron chi connectivity index (χ1n) is 9.32. The molecular weight excluding hydrogens is 308 g/mol. The molecule has 0 saturated carbocycles. The van der Waals surface area contributed by atoms with E-state index in [-0.39, 0.29) is 5.91 Å². The summed E-state index contributed by atoms with van der Waals surface area (Å²) in [5, 5.41) is 3.05. The fraction of sp³-hybridized carbons (Fsp3) is 0.409. The molecule has 1 fully saturated rings. The number of amides is 1. The molecule has 0 bridgehead atoms. The molecule has 1 N–H and O–H groups in total. The second-order valence-corrected chi connectivity index (χ2v) is 7.11. The van der Waals surface area contributed by atoms with Gasteiger partial charge >= 0.3 is 0 Å². The standard InChI is InChI=1S/C22H28N2O/c1-17-8-7-9-18(2)21(17)23-22(25)20-12-10-19(11-13-20)16-24-14-5-3-4-6-15-24/h7-13H,3-6,14-16H2,1-2H3,(H,23,25). The van der Waals surface area contributed by atoms with Crippen molar-refractivity contribution in [2.45, 2.75) is 46.1 Å². The zero-order valence-corrected chi connectivity index (χ0v) is 15.3. The average Bonchev–Trinajstić information content (AvgIpc) is 2.87. The number of para-hydroxylation sites is 1. The molecule has 3 heteroatoms. The minimum absolute atomic E-state index is 0.0428. The summed E-state index contributed by atoms with van der Waals surface area (Å²) in [4.78, 5) is 15.1. The van der Waals surface area contributed by atoms with E-state index in [1.165, 1.54) is 44.3 Å². The van der Waals surface area contributed by atoms with Crippen LogP contribution in [-0.2, 0) is 6.54 Å². The van der Waals surface area contributed by atoms with E-state index in [1.54, 1.807) is 0 Å². The third-order valence-corrected chi connectivity index (χ3v) is 5.04. The molecule has 0 aliphatic carbocycles. The number of benzene rings is 2. The Hall–Kier alpha value is -2.13. The number of nitrogens with zero attached hydrogens (tertiary/aromatic N) is 1. The fourth-order valence-corrected chi connectivity index (χ4v) is 3.51. The molecule has 132 valence electrons. The van der Waals surface area contributed by atoms with Gasteiger partial charge in [0.2, 0.25) is 0 Å². The van der Waals surface area contributed by atoms with E-state index < -0.39 is 0 Å². The van der Waals surface area contributed by atoms with Crippen LogP contribution in [0.25, 0.3) is 0 Å². The maximum atomic E-state index is 12.5. The van der Waals surface area contributed by atoms with Crippen LogP contribution in [0.3, 0.4) is 0 Å². The average molecular weight is 336 g/mol. The van der Waals surface area contributed by atoms with Gasteiger partial charge in [-0.25, -0.2) is 0 Å². The van der Waals surface area contributed by atoms with Crippen molar-refractivity contribution >= 4 is 11.6 Å². The molecule has 0 unspecified atom stereocenters. The summed E-state index contributed by atoms with van der Waals surface area (Å²) in [6.45, 7) is 7.40. The summed E-state index contributed by atoms with van der Waals surface area (Å²) in [5.74, 6) is -0.0428. The minimum atomic E-state index is -0.0428. The van der Waals surface area contributed by atoms with Gasteiger partial charge in [0.15, 0.2) is 0 Å². The predicted octanol–water partition coefficient (Wildman–Crippen LogP) is 4.93. The van der Waals surface area contributed by atoms with Gasteiger partial charge in [-0.3, -0.25) is 9.69 Å². The normalized spacial score (nSPS) is 15.6. The van der Waals surface area contributed by atoms with Crippen LogP contribution in [0.5, 0.6) is 0 Å². The molecule has 3 nitrogen and oxygen atoms in total. The largest absolute Gasteiger partial charge is 0.322 e. The number of rotatable bonds is 4. The number of nitrogens with one attached hydrogen (secondary N) is 1. The Morgan fingerprint density at radius 3 is 2.12 bits per heavy atom. The van der Waals surface area contributed by atoms with Crippen molar-refractivity contribution in [2.24, 2.45) is 0 Å². The van der Waals surface area contributed by atoms with Crippen LogP contribution in [0.2, 0.25) is 0 Å². The molecule has 1 aliphatic heterocycles. The van der Waals surface area contributed by atoms with Gasteiger partial charge in [-0.05, 0) is 68.6 Å². The lowest BCUT2D eigenvalue weighted by molar-refractivity contribution is 0.102. The highest BCUT2D eigenvalue weighted by Gasteiger charge is 2.12. The van der Waals surface area contributed by atoms with Gasteiger partial charge in [-0.1, -0.05) is 43.2 Å². The van der Waals surface area contributed by atoms with Crippen LogP contribution in [-0.4, -0.2) is 23.9 Å². The number of hydrogen-bond donors (Lipinski definition) is 1. The molecule has 0 radical (unpaired) electrons. The predicted molar refractivity (Wildman–Crippen MR) is 104 cm³/mol. The Bertz CT molecular complexity index is 693. The Kier molecular flexibility index (Phi) is 5.87. The number of carbonyl (C=O) groups excluding carboxylic acids is 1. The van der Waals surface area contributed by atoms with E-state index in [9.17, 15) is 4.79 Å². The molecule has 1 aliphatic rings. The molecule has 2 aromatic rings. The molecule has 2 aromatic carbocycles. The second-order valence-electron chi connectivity index (χ2n) is 7.11. The van der Waals surface area contributed by atoms with Gasteiger partial charge in [0, 0.05) is 17.8 Å². The van der Waals surface area contributed by atoms with E-state index in [0.29, 0.717) is 5.56 Å². The first-order chi connectivity index (χ1) is 12.1. The number of anilines is 1. The van der Waals surface area contributed by atoms with Crippen molar-refractivity contribution in [1.29, 1.82) is 0 Å². The van der Waals surface area contributed by atoms with E-state index in [1.807, 2.05) is 44.2 Å². The van der Waals surface area contributed by atoms with Gasteiger partial charge < -0.3 is 5.32 Å². The van der Waals surface area contributed by atoms with Crippen LogP contribution in [0.4, 0.5) is 5.69 Å². The highest BCUT2D eigenvalue weighted by atomic mass is 16.1. The Labute approximate surface area is 151 Å². The molecule has 25 heavy (non-hydrogen) atoms. The van der Waals surface area contributed by atoms with Crippen molar-refractivity contribution in [3.05, 3.63) is 64.7 Å². The molecular formula is C22H28N2O. The van der Waals surface area contributed by atoms with Crippen molar-refractivity contribution < 1.29 is 4.79 Å². The van der Waals surface area contributed by atoms with Crippen LogP contribution in [0.15, 0.2) is 42.5 Å². The Morgan fingerprint density at radius 1 is 0.920 bits per heavy atom. The van der Waals surface area contributed by atoms with Gasteiger partial charge in [-0.15, -0.1) is 0 Å². The maximum Gasteiger partial charge on any atom is 0.255 e. The lowest BCUT2D eigenvalue weighted by Gasteiger charge is -2.19. The number of likely N-dealkylation sites (tertiary alicyclic amines) is 1. The zero-order chi connectivity index (χ0) is 17.6. The van der Waals surface area contributed by atoms with Crippen LogP contribution in [0, 0.1) is 13.8 Å². The summed E-state index contributed by atoms with van der Waals surface area (Å²) < 4.78 is 0. The summed E-state index contributed by atoms with van der Waals surface area (Å²) in [5.41, 5.74) is 5.09. The van der Waals surface area contributed by atoms with E-state index in [2.05, 4.69) is 22.3 Å². The lowest BCUT2D eigenvalue weighted by Crippen LogP contribution is -2.24. The maximum absolute atomic E-state index is 12.5. The molecule has 3 rings (SSSR count). The van der Waals surface area contributed by atoms with E-state index in [4.69, 9.17) is 0 Å². The van der Waals surface area contributed by atoms with Crippen LogP contribution in [0.1, 0.15) is 52.7 Å². The Morgan fingerprint density at radius 2 is 1.52 bits per heavy atom. The molecule has 1 heterocycles. The molecule has 0 atom stereocenters. The highest BCUT2D eigenvalue weighted by Crippen LogP contribution is 2.20. The van der Waals surface area contributed by atoms with Gasteiger partial charge in [0.05, 0.1) is 0 Å². The topological polar surface area (TPSA) is 32.3 Å². The summed E-state index contributed by atoms with van der Waals surface area (Å²) in [7, 11) is 0. The first kappa shape index (κ1) is 17.7. The summed E-state index contributed by atoms with van der Waals surface area (Å²) in [6, 6.07) is 14.1. The number of carbonyl (C=O) groups is 1. The van der Waals surface area contributed by atoms with E-state index in [0.717, 1.165) is 23.4 Å². The minimum Gasteiger partial charge on any atom is -0.322 e. The van der Waals surface area contributed by atoms with Gasteiger partial charge in [0.25, 0.3) is 5.91 Å². The Balaban J connectivity index is 1.64. The zero-order valence-electron chi connectivity index (χ0n) is 15.3. The molecule has 1 saturated heterocycles. The smallest absolute Gasteiger partial charge is 0.255 e. The van der Waals surface area contributed by atoms with Crippen LogP contribution >= 0.6 is 0 Å². The third kappa shape index (κ3) is 4.70. The van der Waals surface area contributed by atoms with Crippen molar-refractivity contribution in [3.8, 4) is 0 Å².